The first-order chi connectivity index (χ1) is 13.2. The molecular formula is C22H24N2O2S. The zero-order valence-electron chi connectivity index (χ0n) is 15.6. The Balaban J connectivity index is 1.76. The second-order valence-electron chi connectivity index (χ2n) is 6.79. The van der Waals surface area contributed by atoms with E-state index in [9.17, 15) is 0 Å². The number of anilines is 1. The van der Waals surface area contributed by atoms with Crippen LogP contribution in [0.2, 0.25) is 0 Å². The Morgan fingerprint density at radius 1 is 1.07 bits per heavy atom. The molecule has 0 bridgehead atoms. The molecule has 3 aromatic rings. The molecule has 1 aliphatic heterocycles. The van der Waals surface area contributed by atoms with Crippen LogP contribution in [0.4, 0.5) is 5.69 Å². The van der Waals surface area contributed by atoms with Crippen molar-refractivity contribution in [3.05, 3.63) is 75.5 Å². The Morgan fingerprint density at radius 3 is 2.59 bits per heavy atom. The molecule has 140 valence electrons. The Bertz CT molecular complexity index is 924. The minimum atomic E-state index is 0.204. The van der Waals surface area contributed by atoms with Crippen molar-refractivity contribution in [2.24, 2.45) is 0 Å². The monoisotopic (exact) mass is 380 g/mol. The van der Waals surface area contributed by atoms with Crippen molar-refractivity contribution < 1.29 is 9.47 Å². The fourth-order valence-corrected chi connectivity index (χ4v) is 4.75. The molecule has 0 saturated heterocycles. The van der Waals surface area contributed by atoms with Gasteiger partial charge in [0, 0.05) is 23.7 Å². The van der Waals surface area contributed by atoms with E-state index in [2.05, 4.69) is 46.7 Å². The van der Waals surface area contributed by atoms with Crippen LogP contribution in [-0.2, 0) is 13.0 Å². The van der Waals surface area contributed by atoms with Crippen molar-refractivity contribution >= 4 is 17.0 Å². The number of ether oxygens (including phenoxy) is 2. The first kappa shape index (κ1) is 17.9. The van der Waals surface area contributed by atoms with E-state index in [0.29, 0.717) is 0 Å². The van der Waals surface area contributed by atoms with Gasteiger partial charge in [0.05, 0.1) is 20.3 Å². The van der Waals surface area contributed by atoms with Gasteiger partial charge in [0.25, 0.3) is 0 Å². The van der Waals surface area contributed by atoms with Crippen LogP contribution in [0.5, 0.6) is 11.5 Å². The summed E-state index contributed by atoms with van der Waals surface area (Å²) in [6.45, 7) is 1.85. The van der Waals surface area contributed by atoms with Gasteiger partial charge in [-0.25, -0.2) is 0 Å². The van der Waals surface area contributed by atoms with Gasteiger partial charge in [-0.1, -0.05) is 18.2 Å². The van der Waals surface area contributed by atoms with Gasteiger partial charge in [0.15, 0.2) is 11.5 Å². The lowest BCUT2D eigenvalue weighted by molar-refractivity contribution is 0.206. The number of methoxy groups -OCH3 is 2. The quantitative estimate of drug-likeness (QED) is 0.662. The molecule has 2 heterocycles. The highest BCUT2D eigenvalue weighted by Gasteiger charge is 2.31. The molecule has 0 fully saturated rings. The van der Waals surface area contributed by atoms with E-state index in [1.165, 1.54) is 21.6 Å². The predicted octanol–water partition coefficient (Wildman–Crippen LogP) is 4.50. The van der Waals surface area contributed by atoms with E-state index in [4.69, 9.17) is 15.2 Å². The van der Waals surface area contributed by atoms with Crippen molar-refractivity contribution in [3.8, 4) is 11.5 Å². The van der Waals surface area contributed by atoms with Gasteiger partial charge in [-0.3, -0.25) is 4.90 Å². The average molecular weight is 381 g/mol. The number of rotatable bonds is 5. The van der Waals surface area contributed by atoms with Crippen molar-refractivity contribution in [3.63, 3.8) is 0 Å². The number of nitrogens with two attached hydrogens (primary N) is 1. The molecular weight excluding hydrogens is 356 g/mol. The number of benzene rings is 2. The Hall–Kier alpha value is -2.50. The highest BCUT2D eigenvalue weighted by atomic mass is 32.1. The highest BCUT2D eigenvalue weighted by molar-refractivity contribution is 7.10. The summed E-state index contributed by atoms with van der Waals surface area (Å²) in [7, 11) is 3.38. The van der Waals surface area contributed by atoms with E-state index in [1.807, 2.05) is 12.1 Å². The van der Waals surface area contributed by atoms with Crippen LogP contribution in [0, 0.1) is 0 Å². The summed E-state index contributed by atoms with van der Waals surface area (Å²) in [5.41, 5.74) is 10.7. The zero-order chi connectivity index (χ0) is 18.8. The summed E-state index contributed by atoms with van der Waals surface area (Å²) in [5.74, 6) is 1.58. The van der Waals surface area contributed by atoms with Crippen LogP contribution in [-0.4, -0.2) is 25.7 Å². The van der Waals surface area contributed by atoms with Crippen molar-refractivity contribution in [2.75, 3.05) is 26.5 Å². The minimum absolute atomic E-state index is 0.204. The normalized spacial score (nSPS) is 16.7. The molecule has 4 rings (SSSR count). The third-order valence-electron chi connectivity index (χ3n) is 5.12. The maximum absolute atomic E-state index is 5.99. The summed E-state index contributed by atoms with van der Waals surface area (Å²) in [5, 5.41) is 2.14. The second kappa shape index (κ2) is 7.62. The van der Waals surface area contributed by atoms with Crippen LogP contribution in [0.25, 0.3) is 0 Å². The van der Waals surface area contributed by atoms with E-state index >= 15 is 0 Å². The molecule has 1 atom stereocenters. The third-order valence-corrected chi connectivity index (χ3v) is 6.05. The second-order valence-corrected chi connectivity index (χ2v) is 7.77. The van der Waals surface area contributed by atoms with Crippen molar-refractivity contribution in [2.45, 2.75) is 19.0 Å². The molecule has 0 aliphatic carbocycles. The van der Waals surface area contributed by atoms with Crippen molar-refractivity contribution in [1.29, 1.82) is 0 Å². The Kier molecular flexibility index (Phi) is 5.05. The largest absolute Gasteiger partial charge is 0.493 e. The van der Waals surface area contributed by atoms with Gasteiger partial charge in [0.1, 0.15) is 0 Å². The molecule has 1 unspecified atom stereocenters. The topological polar surface area (TPSA) is 47.7 Å². The lowest BCUT2D eigenvalue weighted by Gasteiger charge is -2.37. The SMILES string of the molecule is COc1cc2c(cc1OC)C(c1cccs1)N(Cc1cccc(N)c1)CC2. The Labute approximate surface area is 164 Å². The summed E-state index contributed by atoms with van der Waals surface area (Å²) >= 11 is 1.80. The summed E-state index contributed by atoms with van der Waals surface area (Å²) in [4.78, 5) is 3.86. The first-order valence-electron chi connectivity index (χ1n) is 9.06. The number of hydrogen-bond donors (Lipinski definition) is 1. The van der Waals surface area contributed by atoms with Gasteiger partial charge in [-0.2, -0.15) is 0 Å². The minimum Gasteiger partial charge on any atom is -0.493 e. The Morgan fingerprint density at radius 2 is 1.89 bits per heavy atom. The zero-order valence-corrected chi connectivity index (χ0v) is 16.5. The molecule has 27 heavy (non-hydrogen) atoms. The van der Waals surface area contributed by atoms with Gasteiger partial charge >= 0.3 is 0 Å². The van der Waals surface area contributed by atoms with E-state index in [0.717, 1.165) is 36.7 Å². The van der Waals surface area contributed by atoms with Crippen molar-refractivity contribution in [1.82, 2.24) is 4.90 Å². The number of fused-ring (bicyclic) bond motifs is 1. The number of nitrogen functional groups attached to an aromatic ring is 1. The maximum atomic E-state index is 5.99. The summed E-state index contributed by atoms with van der Waals surface area (Å²) in [6.07, 6.45) is 0.986. The molecule has 0 spiro atoms. The van der Waals surface area contributed by atoms with E-state index < -0.39 is 0 Å². The van der Waals surface area contributed by atoms with Crippen LogP contribution >= 0.6 is 11.3 Å². The molecule has 2 N–H and O–H groups in total. The first-order valence-corrected chi connectivity index (χ1v) is 9.94. The number of hydrogen-bond acceptors (Lipinski definition) is 5. The van der Waals surface area contributed by atoms with Crippen LogP contribution < -0.4 is 15.2 Å². The fraction of sp³-hybridized carbons (Fsp3) is 0.273. The standard InChI is InChI=1S/C22H24N2O2S/c1-25-19-12-16-8-9-24(14-15-5-3-6-17(23)11-15)22(21-7-4-10-27-21)18(16)13-20(19)26-2/h3-7,10-13,22H,8-9,14,23H2,1-2H3. The molecule has 0 amide bonds. The highest BCUT2D eigenvalue weighted by Crippen LogP contribution is 2.42. The predicted molar refractivity (Wildman–Crippen MR) is 111 cm³/mol. The fourth-order valence-electron chi connectivity index (χ4n) is 3.87. The molecule has 1 aliphatic rings. The van der Waals surface area contributed by atoms with Gasteiger partial charge in [-0.05, 0) is 58.8 Å². The van der Waals surface area contributed by atoms with Crippen LogP contribution in [0.1, 0.15) is 27.6 Å². The lowest BCUT2D eigenvalue weighted by atomic mass is 9.90. The molecule has 0 radical (unpaired) electrons. The molecule has 5 heteroatoms. The smallest absolute Gasteiger partial charge is 0.161 e. The number of nitrogens with zero attached hydrogens (tertiary/aromatic N) is 1. The molecule has 4 nitrogen and oxygen atoms in total. The van der Waals surface area contributed by atoms with Gasteiger partial charge < -0.3 is 15.2 Å². The van der Waals surface area contributed by atoms with E-state index in [1.54, 1.807) is 25.6 Å². The summed E-state index contributed by atoms with van der Waals surface area (Å²) in [6, 6.07) is 17.0. The average Bonchev–Trinajstić information content (AvgIpc) is 3.21. The van der Waals surface area contributed by atoms with E-state index in [-0.39, 0.29) is 6.04 Å². The molecule has 0 saturated carbocycles. The van der Waals surface area contributed by atoms with Gasteiger partial charge in [-0.15, -0.1) is 11.3 Å². The molecule has 1 aromatic heterocycles. The number of thiophene rings is 1. The lowest BCUT2D eigenvalue weighted by Crippen LogP contribution is -2.35. The van der Waals surface area contributed by atoms with Gasteiger partial charge in [0.2, 0.25) is 0 Å². The summed E-state index contributed by atoms with van der Waals surface area (Å²) < 4.78 is 11.1. The van der Waals surface area contributed by atoms with Crippen LogP contribution in [0.3, 0.4) is 0 Å². The van der Waals surface area contributed by atoms with Crippen LogP contribution in [0.15, 0.2) is 53.9 Å². The third kappa shape index (κ3) is 3.53. The molecule has 2 aromatic carbocycles. The maximum Gasteiger partial charge on any atom is 0.161 e.